The van der Waals surface area contributed by atoms with Gasteiger partial charge in [-0.3, -0.25) is 9.59 Å². The fraction of sp³-hybridized carbons (Fsp3) is 0.867. The topological polar surface area (TPSA) is 94.8 Å². The Labute approximate surface area is 210 Å². The Bertz CT molecular complexity index is 983. The van der Waals surface area contributed by atoms with E-state index in [0.717, 1.165) is 25.7 Å². The molecule has 5 aliphatic carbocycles. The summed E-state index contributed by atoms with van der Waals surface area (Å²) >= 11 is 0. The summed E-state index contributed by atoms with van der Waals surface area (Å²) in [5, 5.41) is 32.6. The SMILES string of the molecule is C[C@H]1[C@H](C)CC(O)[C@]2(C(=O)O)CC[C@]3(C)C(=CC[C@@H]4[C@@]5(C)CC(O)C(=O)C(C)(C)[C@@H]5CC[C@]43C)[C@H]12. The lowest BCUT2D eigenvalue weighted by Crippen LogP contribution is -2.67. The molecule has 0 heterocycles. The van der Waals surface area contributed by atoms with Crippen molar-refractivity contribution in [1.29, 1.82) is 0 Å². The number of fused-ring (bicyclic) bond motifs is 7. The molecule has 5 aliphatic rings. The van der Waals surface area contributed by atoms with Crippen molar-refractivity contribution in [2.24, 2.45) is 56.7 Å². The summed E-state index contributed by atoms with van der Waals surface area (Å²) in [6.45, 7) is 15.5. The van der Waals surface area contributed by atoms with Crippen molar-refractivity contribution in [2.75, 3.05) is 0 Å². The molecule has 0 aliphatic heterocycles. The normalized spacial score (nSPS) is 55.1. The molecule has 196 valence electrons. The van der Waals surface area contributed by atoms with Gasteiger partial charge in [-0.15, -0.1) is 0 Å². The van der Waals surface area contributed by atoms with Gasteiger partial charge in [0, 0.05) is 11.3 Å². The molecular formula is C30H46O5. The highest BCUT2D eigenvalue weighted by atomic mass is 16.4. The number of Topliss-reactive ketones (excluding diaryl/α,β-unsaturated/α-hetero) is 1. The van der Waals surface area contributed by atoms with Crippen molar-refractivity contribution >= 4 is 11.8 Å². The fourth-order valence-corrected chi connectivity index (χ4v) is 10.9. The number of allylic oxidation sites excluding steroid dienone is 2. The van der Waals surface area contributed by atoms with Crippen LogP contribution in [0.25, 0.3) is 0 Å². The number of hydrogen-bond donors (Lipinski definition) is 3. The van der Waals surface area contributed by atoms with E-state index in [1.807, 2.05) is 13.8 Å². The number of ketones is 1. The fourth-order valence-electron chi connectivity index (χ4n) is 10.9. The van der Waals surface area contributed by atoms with Crippen molar-refractivity contribution in [2.45, 2.75) is 106 Å². The standard InChI is InChI=1S/C30H46O5/c1-16-14-22(32)30(25(34)35)13-12-28(6)18(23(30)17(16)2)8-9-21-27(5)15-19(31)24(33)26(3,4)20(27)10-11-29(21,28)7/h8,16-17,19-23,31-32H,9-15H2,1-7H3,(H,34,35)/t16-,17+,19?,20+,21-,22?,23+,27+,28-,29-,30-/m1/s1. The minimum absolute atomic E-state index is 0.00950. The number of aliphatic hydroxyl groups is 2. The number of aliphatic hydroxyl groups excluding tert-OH is 2. The van der Waals surface area contributed by atoms with E-state index in [1.165, 1.54) is 5.57 Å². The molecule has 4 saturated carbocycles. The first-order chi connectivity index (χ1) is 16.1. The van der Waals surface area contributed by atoms with E-state index >= 15 is 0 Å². The van der Waals surface area contributed by atoms with Crippen LogP contribution >= 0.6 is 0 Å². The smallest absolute Gasteiger partial charge is 0.312 e. The molecule has 35 heavy (non-hydrogen) atoms. The van der Waals surface area contributed by atoms with Crippen molar-refractivity contribution < 1.29 is 24.9 Å². The molecule has 0 radical (unpaired) electrons. The van der Waals surface area contributed by atoms with Crippen molar-refractivity contribution in [3.8, 4) is 0 Å². The summed E-state index contributed by atoms with van der Waals surface area (Å²) in [4.78, 5) is 25.8. The molecule has 4 fully saturated rings. The van der Waals surface area contributed by atoms with E-state index in [9.17, 15) is 24.9 Å². The quantitative estimate of drug-likeness (QED) is 0.441. The molecule has 5 nitrogen and oxygen atoms in total. The lowest BCUT2D eigenvalue weighted by Gasteiger charge is -2.71. The minimum Gasteiger partial charge on any atom is -0.481 e. The molecule has 0 aromatic carbocycles. The van der Waals surface area contributed by atoms with Crippen molar-refractivity contribution in [3.05, 3.63) is 11.6 Å². The van der Waals surface area contributed by atoms with E-state index in [0.29, 0.717) is 25.2 Å². The Morgan fingerprint density at radius 3 is 2.29 bits per heavy atom. The molecule has 5 rings (SSSR count). The van der Waals surface area contributed by atoms with Gasteiger partial charge in [0.1, 0.15) is 11.5 Å². The third-order valence-electron chi connectivity index (χ3n) is 13.2. The first-order valence-corrected chi connectivity index (χ1v) is 13.9. The highest BCUT2D eigenvalue weighted by molar-refractivity contribution is 5.89. The number of rotatable bonds is 1. The zero-order valence-electron chi connectivity index (χ0n) is 22.7. The van der Waals surface area contributed by atoms with Crippen LogP contribution in [0.1, 0.15) is 93.4 Å². The third-order valence-corrected chi connectivity index (χ3v) is 13.2. The van der Waals surface area contributed by atoms with E-state index in [2.05, 4.69) is 40.7 Å². The summed E-state index contributed by atoms with van der Waals surface area (Å²) < 4.78 is 0. The number of carbonyl (C=O) groups excluding carboxylic acids is 1. The van der Waals surface area contributed by atoms with E-state index in [-0.39, 0.29) is 45.7 Å². The van der Waals surface area contributed by atoms with E-state index in [4.69, 9.17) is 0 Å². The van der Waals surface area contributed by atoms with Gasteiger partial charge in [0.25, 0.3) is 0 Å². The lowest BCUT2D eigenvalue weighted by atomic mass is 9.33. The Hall–Kier alpha value is -1.20. The van der Waals surface area contributed by atoms with Crippen LogP contribution in [0.5, 0.6) is 0 Å². The number of hydrogen-bond acceptors (Lipinski definition) is 4. The van der Waals surface area contributed by atoms with Crippen LogP contribution in [-0.2, 0) is 9.59 Å². The molecule has 0 saturated heterocycles. The second-order valence-electron chi connectivity index (χ2n) is 14.5. The van der Waals surface area contributed by atoms with Crippen LogP contribution in [0.2, 0.25) is 0 Å². The van der Waals surface area contributed by atoms with Crippen LogP contribution in [-0.4, -0.2) is 39.3 Å². The summed E-state index contributed by atoms with van der Waals surface area (Å²) in [7, 11) is 0. The molecule has 2 unspecified atom stereocenters. The van der Waals surface area contributed by atoms with Gasteiger partial charge < -0.3 is 15.3 Å². The van der Waals surface area contributed by atoms with Crippen LogP contribution in [0, 0.1) is 56.7 Å². The molecule has 0 bridgehead atoms. The predicted molar refractivity (Wildman–Crippen MR) is 134 cm³/mol. The number of carbonyl (C=O) groups is 2. The maximum atomic E-state index is 13.0. The molecule has 11 atom stereocenters. The van der Waals surface area contributed by atoms with Gasteiger partial charge >= 0.3 is 5.97 Å². The first kappa shape index (κ1) is 25.4. The van der Waals surface area contributed by atoms with Crippen LogP contribution in [0.4, 0.5) is 0 Å². The average Bonchev–Trinajstić information content (AvgIpc) is 2.75. The van der Waals surface area contributed by atoms with Crippen LogP contribution in [0.15, 0.2) is 11.6 Å². The van der Waals surface area contributed by atoms with Gasteiger partial charge in [-0.25, -0.2) is 0 Å². The molecule has 3 N–H and O–H groups in total. The van der Waals surface area contributed by atoms with Crippen LogP contribution in [0.3, 0.4) is 0 Å². The molecule has 5 heteroatoms. The number of carboxylic acids is 1. The zero-order chi connectivity index (χ0) is 25.9. The largest absolute Gasteiger partial charge is 0.481 e. The maximum Gasteiger partial charge on any atom is 0.312 e. The van der Waals surface area contributed by atoms with E-state index in [1.54, 1.807) is 0 Å². The third kappa shape index (κ3) is 2.83. The first-order valence-electron chi connectivity index (χ1n) is 13.9. The predicted octanol–water partition coefficient (Wildman–Crippen LogP) is 5.24. The molecule has 0 aromatic heterocycles. The monoisotopic (exact) mass is 486 g/mol. The van der Waals surface area contributed by atoms with Crippen molar-refractivity contribution in [3.63, 3.8) is 0 Å². The second kappa shape index (κ2) is 7.43. The highest BCUT2D eigenvalue weighted by Gasteiger charge is 2.71. The maximum absolute atomic E-state index is 13.0. The Kier molecular flexibility index (Phi) is 5.40. The van der Waals surface area contributed by atoms with Crippen molar-refractivity contribution in [1.82, 2.24) is 0 Å². The minimum atomic E-state index is -1.10. The van der Waals surface area contributed by atoms with Gasteiger partial charge in [-0.05, 0) is 84.9 Å². The Balaban J connectivity index is 1.64. The highest BCUT2D eigenvalue weighted by Crippen LogP contribution is 2.75. The van der Waals surface area contributed by atoms with Gasteiger partial charge in [0.2, 0.25) is 0 Å². The summed E-state index contributed by atoms with van der Waals surface area (Å²) in [5.41, 5.74) is -0.722. The van der Waals surface area contributed by atoms with Gasteiger partial charge in [0.05, 0.1) is 6.10 Å². The van der Waals surface area contributed by atoms with Crippen LogP contribution < -0.4 is 0 Å². The zero-order valence-corrected chi connectivity index (χ0v) is 22.7. The van der Waals surface area contributed by atoms with Gasteiger partial charge in [-0.2, -0.15) is 0 Å². The molecular weight excluding hydrogens is 440 g/mol. The lowest BCUT2D eigenvalue weighted by molar-refractivity contribution is -0.209. The van der Waals surface area contributed by atoms with Gasteiger partial charge in [-0.1, -0.05) is 60.1 Å². The Morgan fingerprint density at radius 2 is 1.66 bits per heavy atom. The Morgan fingerprint density at radius 1 is 1.00 bits per heavy atom. The second-order valence-corrected chi connectivity index (χ2v) is 14.5. The average molecular weight is 487 g/mol. The summed E-state index contributed by atoms with van der Waals surface area (Å²) in [6, 6.07) is 0. The molecule has 0 spiro atoms. The molecule has 0 aromatic rings. The van der Waals surface area contributed by atoms with Gasteiger partial charge in [0.15, 0.2) is 5.78 Å². The summed E-state index contributed by atoms with van der Waals surface area (Å²) in [6.07, 6.45) is 5.80. The number of carboxylic acid groups (broad SMARTS) is 1. The van der Waals surface area contributed by atoms with E-state index < -0.39 is 29.0 Å². The summed E-state index contributed by atoms with van der Waals surface area (Å²) in [5.74, 6) is 0.0175. The number of aliphatic carboxylic acids is 1. The molecule has 0 amide bonds.